The van der Waals surface area contributed by atoms with Gasteiger partial charge in [-0.15, -0.1) is 0 Å². The monoisotopic (exact) mass is 168 g/mol. The van der Waals surface area contributed by atoms with Crippen molar-refractivity contribution in [3.8, 4) is 0 Å². The lowest BCUT2D eigenvalue weighted by molar-refractivity contribution is -0.144. The summed E-state index contributed by atoms with van der Waals surface area (Å²) in [6.45, 7) is 3.28. The van der Waals surface area contributed by atoms with Crippen molar-refractivity contribution >= 4 is 17.6 Å². The molecule has 12 heavy (non-hydrogen) atoms. The number of nitrogens with zero attached hydrogens (tertiary/aromatic N) is 1. The number of hydrogen-bond acceptors (Lipinski definition) is 2. The van der Waals surface area contributed by atoms with Gasteiger partial charge in [0.25, 0.3) is 0 Å². The first kappa shape index (κ1) is 8.56. The van der Waals surface area contributed by atoms with E-state index in [1.54, 1.807) is 12.2 Å². The summed E-state index contributed by atoms with van der Waals surface area (Å²) in [7, 11) is 0. The Labute approximate surface area is 69.9 Å². The van der Waals surface area contributed by atoms with Gasteiger partial charge >= 0.3 is 17.6 Å². The van der Waals surface area contributed by atoms with Gasteiger partial charge in [0.05, 0.1) is 6.08 Å². The zero-order valence-electron chi connectivity index (χ0n) is 6.94. The molecule has 0 fully saturated rings. The normalized spacial score (nSPS) is 16.8. The van der Waals surface area contributed by atoms with Crippen LogP contribution in [0.4, 0.5) is 0 Å². The maximum atomic E-state index is 10.4. The van der Waals surface area contributed by atoms with Crippen molar-refractivity contribution in [1.29, 1.82) is 0 Å². The van der Waals surface area contributed by atoms with Crippen LogP contribution in [0.1, 0.15) is 13.8 Å². The number of aliphatic carboxylic acids is 1. The molecule has 0 saturated carbocycles. The molecule has 0 aromatic heterocycles. The number of hydrogen-bond donors (Lipinski definition) is 1. The van der Waals surface area contributed by atoms with Gasteiger partial charge in [-0.25, -0.2) is 4.79 Å². The Morgan fingerprint density at radius 1 is 1.67 bits per heavy atom. The Bertz CT molecular complexity index is 297. The number of carbonyl (C=O) groups is 1. The maximum absolute atomic E-state index is 10.4. The zero-order chi connectivity index (χ0) is 9.14. The Hall–Kier alpha value is -1.54. The summed E-state index contributed by atoms with van der Waals surface area (Å²) >= 11 is 0. The molecule has 0 aromatic carbocycles. The minimum atomic E-state index is -0.990. The molecule has 0 radical (unpaired) electrons. The predicted octanol–water partition coefficient (Wildman–Crippen LogP) is -0.0275. The zero-order valence-corrected chi connectivity index (χ0v) is 6.94. The van der Waals surface area contributed by atoms with Gasteiger partial charge in [-0.1, -0.05) is 0 Å². The highest BCUT2D eigenvalue weighted by Crippen LogP contribution is 1.95. The Morgan fingerprint density at radius 3 is 2.75 bits per heavy atom. The predicted molar refractivity (Wildman–Crippen MR) is 45.1 cm³/mol. The van der Waals surface area contributed by atoms with Crippen molar-refractivity contribution in [3.05, 3.63) is 12.2 Å². The molecule has 0 spiro atoms. The fourth-order valence-electron chi connectivity index (χ4n) is 0.737. The van der Waals surface area contributed by atoms with Crippen molar-refractivity contribution in [3.63, 3.8) is 0 Å². The Balaban J connectivity index is 2.60. The van der Waals surface area contributed by atoms with E-state index in [0.29, 0.717) is 5.90 Å². The van der Waals surface area contributed by atoms with E-state index in [-0.39, 0.29) is 0 Å². The summed E-state index contributed by atoms with van der Waals surface area (Å²) in [5.74, 6) is -0.627. The third-order valence-corrected chi connectivity index (χ3v) is 1.40. The van der Waals surface area contributed by atoms with Crippen molar-refractivity contribution < 1.29 is 14.6 Å². The van der Waals surface area contributed by atoms with Gasteiger partial charge in [-0.2, -0.15) is 0 Å². The number of carboxylic acid groups (broad SMARTS) is 1. The third kappa shape index (κ3) is 1.97. The maximum Gasteiger partial charge on any atom is 0.488 e. The van der Waals surface area contributed by atoms with Gasteiger partial charge in [0.15, 0.2) is 6.10 Å². The van der Waals surface area contributed by atoms with Crippen molar-refractivity contribution in [1.82, 2.24) is 4.67 Å². The molecule has 0 saturated heterocycles. The molecule has 1 aliphatic heterocycles. The van der Waals surface area contributed by atoms with Gasteiger partial charge in [0, 0.05) is 13.0 Å². The van der Waals surface area contributed by atoms with Crippen LogP contribution in [0.5, 0.6) is 0 Å². The van der Waals surface area contributed by atoms with Gasteiger partial charge < -0.3 is 9.84 Å². The molecule has 0 aliphatic carbocycles. The number of carboxylic acids is 1. The minimum absolute atomic E-state index is 0.363. The summed E-state index contributed by atoms with van der Waals surface area (Å²) in [4.78, 5) is 10.4. The summed E-state index contributed by atoms with van der Waals surface area (Å²) in [6, 6.07) is 0. The fraction of sp³-hybridized carbons (Fsp3) is 0.375. The van der Waals surface area contributed by atoms with Gasteiger partial charge in [-0.3, -0.25) is 0 Å². The summed E-state index contributed by atoms with van der Waals surface area (Å²) in [5, 5.41) is 8.50. The summed E-state index contributed by atoms with van der Waals surface area (Å²) < 4.78 is 8.93. The van der Waals surface area contributed by atoms with Crippen LogP contribution in [-0.2, 0) is 9.53 Å². The van der Waals surface area contributed by atoms with Crippen LogP contribution in [-0.4, -0.2) is 28.8 Å². The number of rotatable bonds is 2. The largest absolute Gasteiger partial charge is 0.488 e. The topological polar surface area (TPSA) is 60.6 Å². The van der Waals surface area contributed by atoms with Crippen LogP contribution in [0.25, 0.3) is 0 Å². The van der Waals surface area contributed by atoms with E-state index in [4.69, 9.17) is 9.84 Å². The highest BCUT2D eigenvalue weighted by molar-refractivity contribution is 6.06. The second kappa shape index (κ2) is 3.24. The van der Waals surface area contributed by atoms with E-state index in [1.165, 1.54) is 6.92 Å². The SMILES string of the molecule is CC1=[N+]=C(OC(C)C(=O)O)C=C1. The van der Waals surface area contributed by atoms with E-state index >= 15 is 0 Å². The van der Waals surface area contributed by atoms with E-state index in [9.17, 15) is 4.79 Å². The second-order valence-electron chi connectivity index (χ2n) is 2.52. The van der Waals surface area contributed by atoms with Crippen LogP contribution in [0.3, 0.4) is 0 Å². The lowest BCUT2D eigenvalue weighted by Gasteiger charge is -2.01. The summed E-state index contributed by atoms with van der Waals surface area (Å²) in [5.41, 5.74) is 0.822. The third-order valence-electron chi connectivity index (χ3n) is 1.40. The first-order valence-corrected chi connectivity index (χ1v) is 3.59. The van der Waals surface area contributed by atoms with Crippen molar-refractivity contribution in [2.24, 2.45) is 0 Å². The molecule has 1 atom stereocenters. The van der Waals surface area contributed by atoms with Gasteiger partial charge in [0.2, 0.25) is 0 Å². The molecule has 0 aromatic rings. The lowest BCUT2D eigenvalue weighted by atomic mass is 10.4. The van der Waals surface area contributed by atoms with Crippen molar-refractivity contribution in [2.75, 3.05) is 0 Å². The highest BCUT2D eigenvalue weighted by Gasteiger charge is 2.21. The quantitative estimate of drug-likeness (QED) is 0.589. The van der Waals surface area contributed by atoms with Crippen molar-refractivity contribution in [2.45, 2.75) is 20.0 Å². The lowest BCUT2D eigenvalue weighted by Crippen LogP contribution is -2.23. The standard InChI is InChI=1S/C8H9NO3/c1-5-3-4-7(9-5)12-6(2)8(10)11/h3-4,6H,1-2H3/p+1. The molecule has 1 rings (SSSR count). The van der Waals surface area contributed by atoms with Crippen LogP contribution < -0.4 is 4.67 Å². The molecule has 1 N–H and O–H groups in total. The Kier molecular flexibility index (Phi) is 2.31. The molecule has 0 amide bonds. The van der Waals surface area contributed by atoms with Crippen LogP contribution in [0.2, 0.25) is 0 Å². The second-order valence-corrected chi connectivity index (χ2v) is 2.52. The molecule has 1 unspecified atom stereocenters. The summed E-state index contributed by atoms with van der Waals surface area (Å²) in [6.07, 6.45) is 2.57. The molecular formula is C8H10NO3+. The molecule has 0 bridgehead atoms. The van der Waals surface area contributed by atoms with Gasteiger partial charge in [-0.05, 0) is 11.6 Å². The van der Waals surface area contributed by atoms with E-state index in [2.05, 4.69) is 4.67 Å². The Morgan fingerprint density at radius 2 is 2.33 bits per heavy atom. The average Bonchev–Trinajstić information content (AvgIpc) is 2.35. The first-order chi connectivity index (χ1) is 5.59. The molecular weight excluding hydrogens is 158 g/mol. The van der Waals surface area contributed by atoms with Crippen LogP contribution in [0, 0.1) is 0 Å². The average molecular weight is 168 g/mol. The number of ether oxygens (including phenoxy) is 1. The first-order valence-electron chi connectivity index (χ1n) is 3.59. The molecule has 1 heterocycles. The molecule has 64 valence electrons. The smallest absolute Gasteiger partial charge is 0.479 e. The molecule has 1 aliphatic rings. The van der Waals surface area contributed by atoms with Gasteiger partial charge in [0.1, 0.15) is 0 Å². The van der Waals surface area contributed by atoms with E-state index in [1.807, 2.05) is 6.92 Å². The minimum Gasteiger partial charge on any atom is -0.479 e. The van der Waals surface area contributed by atoms with E-state index < -0.39 is 12.1 Å². The van der Waals surface area contributed by atoms with Crippen LogP contribution in [0.15, 0.2) is 12.2 Å². The van der Waals surface area contributed by atoms with E-state index in [0.717, 1.165) is 5.71 Å². The fourth-order valence-corrected chi connectivity index (χ4v) is 0.737. The molecule has 4 heteroatoms. The molecule has 4 nitrogen and oxygen atoms in total. The highest BCUT2D eigenvalue weighted by atomic mass is 16.5. The number of allylic oxidation sites excluding steroid dienone is 1. The van der Waals surface area contributed by atoms with Crippen LogP contribution >= 0.6 is 0 Å².